The number of carbonyl (C=O) groups is 1. The summed E-state index contributed by atoms with van der Waals surface area (Å²) in [6, 6.07) is 4.29. The number of fused-ring (bicyclic) bond motifs is 7. The molecule has 6 bridgehead atoms. The highest BCUT2D eigenvalue weighted by Crippen LogP contribution is 2.40. The lowest BCUT2D eigenvalue weighted by atomic mass is 9.97. The van der Waals surface area contributed by atoms with E-state index in [9.17, 15) is 14.7 Å². The Morgan fingerprint density at radius 2 is 1.97 bits per heavy atom. The number of hydrogen-bond donors (Lipinski definition) is 2. The molecule has 3 aromatic rings. The van der Waals surface area contributed by atoms with E-state index in [0.717, 1.165) is 61.5 Å². The molecule has 5 heterocycles. The topological polar surface area (TPSA) is 102 Å². The van der Waals surface area contributed by atoms with E-state index < -0.39 is 17.1 Å². The number of rotatable bonds is 0. The van der Waals surface area contributed by atoms with Crippen molar-refractivity contribution >= 4 is 16.9 Å². The zero-order valence-electron chi connectivity index (χ0n) is 18.0. The largest absolute Gasteiger partial charge is 0.503 e. The molecule has 32 heavy (non-hydrogen) atoms. The summed E-state index contributed by atoms with van der Waals surface area (Å²) >= 11 is 0. The monoisotopic (exact) mass is 433 g/mol. The van der Waals surface area contributed by atoms with Crippen molar-refractivity contribution in [3.05, 3.63) is 64.4 Å². The molecule has 8 heteroatoms. The summed E-state index contributed by atoms with van der Waals surface area (Å²) in [5.74, 6) is -1.01. The number of hydrogen-bond acceptors (Lipinski definition) is 5. The van der Waals surface area contributed by atoms with Crippen molar-refractivity contribution in [3.63, 3.8) is 0 Å². The third kappa shape index (κ3) is 3.70. The van der Waals surface area contributed by atoms with Gasteiger partial charge in [0.1, 0.15) is 5.65 Å². The first kappa shape index (κ1) is 20.5. The van der Waals surface area contributed by atoms with Gasteiger partial charge in [-0.3, -0.25) is 14.3 Å². The maximum absolute atomic E-state index is 12.6. The van der Waals surface area contributed by atoms with E-state index in [1.807, 2.05) is 6.20 Å². The van der Waals surface area contributed by atoms with Crippen LogP contribution in [0.1, 0.15) is 54.6 Å². The van der Waals surface area contributed by atoms with E-state index in [-0.39, 0.29) is 11.2 Å². The van der Waals surface area contributed by atoms with Crippen LogP contribution in [0.3, 0.4) is 0 Å². The maximum atomic E-state index is 12.6. The molecule has 1 aliphatic carbocycles. The van der Waals surface area contributed by atoms with Crippen molar-refractivity contribution in [1.29, 1.82) is 0 Å². The molecule has 0 atom stereocenters. The summed E-state index contributed by atoms with van der Waals surface area (Å²) in [5.41, 5.74) is 0.787. The molecule has 3 aromatic heterocycles. The zero-order chi connectivity index (χ0) is 22.1. The molecule has 1 fully saturated rings. The second-order valence-electron chi connectivity index (χ2n) is 8.84. The van der Waals surface area contributed by atoms with Crippen LogP contribution in [0.25, 0.3) is 11.0 Å². The second-order valence-corrected chi connectivity index (χ2v) is 8.84. The Kier molecular flexibility index (Phi) is 5.28. The van der Waals surface area contributed by atoms with Crippen LogP contribution in [0.15, 0.2) is 47.7 Å². The van der Waals surface area contributed by atoms with Gasteiger partial charge < -0.3 is 15.0 Å². The molecule has 1 saturated carbocycles. The number of aromatic hydroxyl groups is 1. The van der Waals surface area contributed by atoms with Crippen molar-refractivity contribution in [1.82, 2.24) is 24.6 Å². The Morgan fingerprint density at radius 3 is 2.81 bits per heavy atom. The van der Waals surface area contributed by atoms with E-state index in [0.29, 0.717) is 13.1 Å². The van der Waals surface area contributed by atoms with Crippen molar-refractivity contribution < 1.29 is 9.90 Å². The van der Waals surface area contributed by atoms with E-state index in [2.05, 4.69) is 45.5 Å². The summed E-state index contributed by atoms with van der Waals surface area (Å²) in [7, 11) is 0. The maximum Gasteiger partial charge on any atom is 0.275 e. The highest BCUT2D eigenvalue weighted by molar-refractivity contribution is 5.92. The van der Waals surface area contributed by atoms with Crippen LogP contribution in [0.5, 0.6) is 5.75 Å². The third-order valence-corrected chi connectivity index (χ3v) is 6.60. The highest BCUT2D eigenvalue weighted by Gasteiger charge is 2.37. The lowest BCUT2D eigenvalue weighted by Crippen LogP contribution is -2.38. The van der Waals surface area contributed by atoms with Crippen LogP contribution in [-0.4, -0.2) is 36.9 Å². The molecule has 1 spiro atoms. The van der Waals surface area contributed by atoms with Crippen molar-refractivity contribution in [2.45, 2.75) is 57.0 Å². The molecule has 2 aliphatic heterocycles. The lowest BCUT2D eigenvalue weighted by Gasteiger charge is -2.32. The molecule has 1 amide bonds. The van der Waals surface area contributed by atoms with Crippen LogP contribution in [0.4, 0.5) is 0 Å². The van der Waals surface area contributed by atoms with Gasteiger partial charge in [-0.05, 0) is 49.8 Å². The average Bonchev–Trinajstić information content (AvgIpc) is 3.42. The molecular weight excluding hydrogens is 406 g/mol. The van der Waals surface area contributed by atoms with Crippen molar-refractivity contribution in [3.8, 4) is 5.75 Å². The molecule has 0 radical (unpaired) electrons. The number of nitrogens with zero attached hydrogens (tertiary/aromatic N) is 4. The molecule has 2 N–H and O–H groups in total. The quantitative estimate of drug-likeness (QED) is 0.531. The van der Waals surface area contributed by atoms with Crippen LogP contribution < -0.4 is 10.7 Å². The molecule has 3 aliphatic rings. The molecule has 0 unspecified atom stereocenters. The van der Waals surface area contributed by atoms with Crippen LogP contribution in [0.2, 0.25) is 0 Å². The molecule has 0 aromatic carbocycles. The van der Waals surface area contributed by atoms with Crippen LogP contribution in [-0.2, 0) is 18.5 Å². The minimum atomic E-state index is -0.742. The Labute approximate surface area is 185 Å². The summed E-state index contributed by atoms with van der Waals surface area (Å²) in [4.78, 5) is 29.8. The molecule has 8 nitrogen and oxygen atoms in total. The number of amides is 1. The molecule has 166 valence electrons. The van der Waals surface area contributed by atoms with Crippen molar-refractivity contribution in [2.75, 3.05) is 6.54 Å². The van der Waals surface area contributed by atoms with E-state index in [1.165, 1.54) is 6.20 Å². The minimum Gasteiger partial charge on any atom is -0.503 e. The summed E-state index contributed by atoms with van der Waals surface area (Å²) < 4.78 is 3.76. The van der Waals surface area contributed by atoms with E-state index in [4.69, 9.17) is 4.98 Å². The normalized spacial score (nSPS) is 18.8. The Hall–Kier alpha value is -3.42. The standard InChI is InChI=1S/C24H27N5O3/c30-19-15-28-16-24(9-4-5-10-24)29-12-8-18-13-17(14-26-22(18)29)7-3-1-2-6-11-25-23(32)20(27-28)21(19)31/h1,3,8,12-15,30H,2,4-7,9-11,16H2,(H,25,32). The fraction of sp³-hybridized carbons (Fsp3) is 0.417. The minimum absolute atomic E-state index is 0.269. The smallest absolute Gasteiger partial charge is 0.275 e. The molecule has 6 rings (SSSR count). The van der Waals surface area contributed by atoms with Gasteiger partial charge in [0.25, 0.3) is 11.3 Å². The van der Waals surface area contributed by atoms with Gasteiger partial charge in [0.15, 0.2) is 11.4 Å². The Bertz CT molecular complexity index is 1250. The fourth-order valence-electron chi connectivity index (χ4n) is 4.97. The molecular formula is C24H27N5O3. The second kappa shape index (κ2) is 8.26. The Morgan fingerprint density at radius 1 is 1.12 bits per heavy atom. The first-order chi connectivity index (χ1) is 15.6. The Balaban J connectivity index is 1.63. The van der Waals surface area contributed by atoms with Crippen molar-refractivity contribution in [2.24, 2.45) is 0 Å². The van der Waals surface area contributed by atoms with Crippen LogP contribution in [0, 0.1) is 0 Å². The zero-order valence-corrected chi connectivity index (χ0v) is 18.0. The summed E-state index contributed by atoms with van der Waals surface area (Å²) in [6.07, 6.45) is 15.9. The average molecular weight is 434 g/mol. The first-order valence-corrected chi connectivity index (χ1v) is 11.3. The van der Waals surface area contributed by atoms with Gasteiger partial charge in [-0.2, -0.15) is 5.10 Å². The van der Waals surface area contributed by atoms with Gasteiger partial charge in [-0.1, -0.05) is 25.0 Å². The third-order valence-electron chi connectivity index (χ3n) is 6.60. The number of allylic oxidation sites excluding steroid dienone is 2. The number of pyridine rings is 1. The molecule has 0 saturated heterocycles. The fourth-order valence-corrected chi connectivity index (χ4v) is 4.97. The predicted octanol–water partition coefficient (Wildman–Crippen LogP) is 2.89. The van der Waals surface area contributed by atoms with Gasteiger partial charge >= 0.3 is 0 Å². The van der Waals surface area contributed by atoms with Gasteiger partial charge in [-0.25, -0.2) is 4.98 Å². The van der Waals surface area contributed by atoms with Gasteiger partial charge in [0.2, 0.25) is 0 Å². The van der Waals surface area contributed by atoms with Crippen LogP contribution >= 0.6 is 0 Å². The summed E-state index contributed by atoms with van der Waals surface area (Å²) in [5, 5.41) is 18.4. The first-order valence-electron chi connectivity index (χ1n) is 11.3. The summed E-state index contributed by atoms with van der Waals surface area (Å²) in [6.45, 7) is 0.874. The lowest BCUT2D eigenvalue weighted by molar-refractivity contribution is 0.0942. The predicted molar refractivity (Wildman–Crippen MR) is 121 cm³/mol. The number of aromatic nitrogens is 4. The SMILES string of the molecule is O=C1NCCCC=CCc2cnc3c(ccn3C3(CCCC3)Cn3cc(O)c(=O)c1n3)c2. The number of nitrogens with one attached hydrogen (secondary N) is 1. The number of carbonyl (C=O) groups excluding carboxylic acids is 1. The van der Waals surface area contributed by atoms with Gasteiger partial charge in [-0.15, -0.1) is 0 Å². The highest BCUT2D eigenvalue weighted by atomic mass is 16.3. The van der Waals surface area contributed by atoms with Gasteiger partial charge in [0.05, 0.1) is 18.3 Å². The van der Waals surface area contributed by atoms with Gasteiger partial charge in [0, 0.05) is 24.3 Å². The van der Waals surface area contributed by atoms with E-state index in [1.54, 1.807) is 4.68 Å². The van der Waals surface area contributed by atoms with E-state index >= 15 is 0 Å².